The van der Waals surface area contributed by atoms with Gasteiger partial charge in [0.15, 0.2) is 0 Å². The molecule has 2 amide bonds. The normalized spacial score (nSPS) is 14.0. The molecule has 0 bridgehead atoms. The SMILES string of the molecule is CN1CCn2c(CCNC(=O)c3cc4ccccn4c3)nnc2C1=O. The third-order valence-electron chi connectivity index (χ3n) is 4.43. The Morgan fingerprint density at radius 2 is 2.16 bits per heavy atom. The van der Waals surface area contributed by atoms with Gasteiger partial charge in [-0.2, -0.15) is 0 Å². The minimum atomic E-state index is -0.127. The van der Waals surface area contributed by atoms with Crippen molar-refractivity contribution in [1.29, 1.82) is 0 Å². The molecule has 1 aliphatic rings. The highest BCUT2D eigenvalue weighted by Crippen LogP contribution is 2.12. The van der Waals surface area contributed by atoms with Crippen molar-refractivity contribution in [1.82, 2.24) is 29.4 Å². The quantitative estimate of drug-likeness (QED) is 0.754. The molecule has 4 heterocycles. The first kappa shape index (κ1) is 15.4. The van der Waals surface area contributed by atoms with E-state index in [1.54, 1.807) is 18.1 Å². The number of pyridine rings is 1. The highest BCUT2D eigenvalue weighted by atomic mass is 16.2. The van der Waals surface area contributed by atoms with Gasteiger partial charge in [-0.05, 0) is 18.2 Å². The maximum absolute atomic E-state index is 12.3. The Morgan fingerprint density at radius 3 is 3.00 bits per heavy atom. The van der Waals surface area contributed by atoms with Gasteiger partial charge < -0.3 is 19.2 Å². The Hall–Kier alpha value is -3.16. The van der Waals surface area contributed by atoms with Gasteiger partial charge in [0.25, 0.3) is 11.8 Å². The molecule has 25 heavy (non-hydrogen) atoms. The summed E-state index contributed by atoms with van der Waals surface area (Å²) in [7, 11) is 1.75. The molecule has 8 nitrogen and oxygen atoms in total. The number of carbonyl (C=O) groups is 2. The number of nitrogens with zero attached hydrogens (tertiary/aromatic N) is 5. The number of hydrogen-bond acceptors (Lipinski definition) is 4. The van der Waals surface area contributed by atoms with Crippen LogP contribution in [-0.4, -0.2) is 56.0 Å². The van der Waals surface area contributed by atoms with Crippen LogP contribution in [0.25, 0.3) is 5.52 Å². The molecule has 128 valence electrons. The molecular formula is C17H18N6O2. The molecule has 0 saturated heterocycles. The van der Waals surface area contributed by atoms with Crippen molar-refractivity contribution in [3.63, 3.8) is 0 Å². The van der Waals surface area contributed by atoms with Crippen molar-refractivity contribution in [2.75, 3.05) is 20.1 Å². The van der Waals surface area contributed by atoms with E-state index in [-0.39, 0.29) is 11.8 Å². The second-order valence-corrected chi connectivity index (χ2v) is 6.09. The summed E-state index contributed by atoms with van der Waals surface area (Å²) in [4.78, 5) is 25.9. The fourth-order valence-electron chi connectivity index (χ4n) is 3.01. The third kappa shape index (κ3) is 2.75. The highest BCUT2D eigenvalue weighted by molar-refractivity contribution is 5.95. The maximum Gasteiger partial charge on any atom is 0.291 e. The fraction of sp³-hybridized carbons (Fsp3) is 0.294. The van der Waals surface area contributed by atoms with Gasteiger partial charge in [0.1, 0.15) is 5.82 Å². The van der Waals surface area contributed by atoms with Gasteiger partial charge in [0.2, 0.25) is 5.82 Å². The van der Waals surface area contributed by atoms with Crippen LogP contribution in [0.15, 0.2) is 36.7 Å². The van der Waals surface area contributed by atoms with Crippen molar-refractivity contribution in [3.05, 3.63) is 53.9 Å². The summed E-state index contributed by atoms with van der Waals surface area (Å²) < 4.78 is 3.74. The number of rotatable bonds is 4. The first-order valence-corrected chi connectivity index (χ1v) is 8.16. The van der Waals surface area contributed by atoms with Crippen LogP contribution in [-0.2, 0) is 13.0 Å². The van der Waals surface area contributed by atoms with Gasteiger partial charge in [-0.25, -0.2) is 0 Å². The average Bonchev–Trinajstić information content (AvgIpc) is 3.22. The Labute approximate surface area is 144 Å². The first-order valence-electron chi connectivity index (χ1n) is 8.16. The van der Waals surface area contributed by atoms with Crippen LogP contribution in [0, 0.1) is 0 Å². The van der Waals surface area contributed by atoms with Crippen molar-refractivity contribution >= 4 is 17.3 Å². The van der Waals surface area contributed by atoms with Crippen molar-refractivity contribution < 1.29 is 9.59 Å². The standard InChI is InChI=1S/C17H18N6O2/c1-21-8-9-23-14(19-20-15(23)17(21)25)5-6-18-16(24)12-10-13-4-2-3-7-22(13)11-12/h2-4,7,10-11H,5-6,8-9H2,1H3,(H,18,24). The van der Waals surface area contributed by atoms with Crippen LogP contribution in [0.1, 0.15) is 26.8 Å². The Morgan fingerprint density at radius 1 is 1.28 bits per heavy atom. The van der Waals surface area contributed by atoms with E-state index in [9.17, 15) is 9.59 Å². The van der Waals surface area contributed by atoms with Crippen molar-refractivity contribution in [3.8, 4) is 0 Å². The molecule has 1 N–H and O–H groups in total. The number of nitrogens with one attached hydrogen (secondary N) is 1. The van der Waals surface area contributed by atoms with Crippen LogP contribution in [0.5, 0.6) is 0 Å². The van der Waals surface area contributed by atoms with Crippen molar-refractivity contribution in [2.24, 2.45) is 0 Å². The largest absolute Gasteiger partial charge is 0.352 e. The molecule has 0 spiro atoms. The molecule has 3 aromatic heterocycles. The average molecular weight is 338 g/mol. The predicted molar refractivity (Wildman–Crippen MR) is 90.4 cm³/mol. The lowest BCUT2D eigenvalue weighted by atomic mass is 10.3. The molecule has 8 heteroatoms. The molecule has 0 aliphatic carbocycles. The van der Waals surface area contributed by atoms with E-state index < -0.39 is 0 Å². The van der Waals surface area contributed by atoms with Gasteiger partial charge in [0, 0.05) is 51.0 Å². The van der Waals surface area contributed by atoms with Crippen LogP contribution in [0.2, 0.25) is 0 Å². The molecule has 0 saturated carbocycles. The molecule has 0 atom stereocenters. The van der Waals surface area contributed by atoms with Gasteiger partial charge in [0.05, 0.1) is 5.56 Å². The van der Waals surface area contributed by atoms with Crippen molar-refractivity contribution in [2.45, 2.75) is 13.0 Å². The van der Waals surface area contributed by atoms with Gasteiger partial charge >= 0.3 is 0 Å². The van der Waals surface area contributed by atoms with Gasteiger partial charge in [-0.15, -0.1) is 10.2 Å². The first-order chi connectivity index (χ1) is 12.1. The third-order valence-corrected chi connectivity index (χ3v) is 4.43. The molecule has 1 aliphatic heterocycles. The highest BCUT2D eigenvalue weighted by Gasteiger charge is 2.26. The summed E-state index contributed by atoms with van der Waals surface area (Å²) in [6.45, 7) is 1.76. The molecule has 3 aromatic rings. The van der Waals surface area contributed by atoms with E-state index in [2.05, 4.69) is 15.5 Å². The lowest BCUT2D eigenvalue weighted by Gasteiger charge is -2.23. The summed E-state index contributed by atoms with van der Waals surface area (Å²) in [6.07, 6.45) is 4.24. The molecule has 0 radical (unpaired) electrons. The number of likely N-dealkylation sites (N-methyl/N-ethyl adjacent to an activating group) is 1. The van der Waals surface area contributed by atoms with Crippen LogP contribution in [0.3, 0.4) is 0 Å². The fourth-order valence-corrected chi connectivity index (χ4v) is 3.01. The molecule has 0 unspecified atom stereocenters. The summed E-state index contributed by atoms with van der Waals surface area (Å²) in [6, 6.07) is 7.65. The number of amides is 2. The number of carbonyl (C=O) groups excluding carboxylic acids is 2. The number of aromatic nitrogens is 4. The Kier molecular flexibility index (Phi) is 3.72. The zero-order valence-electron chi connectivity index (χ0n) is 13.8. The zero-order chi connectivity index (χ0) is 17.4. The summed E-state index contributed by atoms with van der Waals surface area (Å²) in [5.74, 6) is 0.847. The smallest absolute Gasteiger partial charge is 0.291 e. The lowest BCUT2D eigenvalue weighted by Crippen LogP contribution is -2.38. The minimum absolute atomic E-state index is 0.116. The number of fused-ring (bicyclic) bond motifs is 2. The van der Waals surface area contributed by atoms with Gasteiger partial charge in [-0.1, -0.05) is 6.07 Å². The Bertz CT molecular complexity index is 924. The molecule has 0 fully saturated rings. The van der Waals surface area contributed by atoms with E-state index in [0.29, 0.717) is 37.4 Å². The summed E-state index contributed by atoms with van der Waals surface area (Å²) in [5, 5.41) is 11.0. The van der Waals surface area contributed by atoms with E-state index in [1.807, 2.05) is 39.4 Å². The van der Waals surface area contributed by atoms with Crippen LogP contribution >= 0.6 is 0 Å². The monoisotopic (exact) mass is 338 g/mol. The molecular weight excluding hydrogens is 320 g/mol. The minimum Gasteiger partial charge on any atom is -0.352 e. The van der Waals surface area contributed by atoms with E-state index in [1.165, 1.54) is 0 Å². The van der Waals surface area contributed by atoms with Gasteiger partial charge in [-0.3, -0.25) is 9.59 Å². The zero-order valence-corrected chi connectivity index (χ0v) is 13.8. The summed E-state index contributed by atoms with van der Waals surface area (Å²) >= 11 is 0. The Balaban J connectivity index is 1.40. The number of hydrogen-bond donors (Lipinski definition) is 1. The van der Waals surface area contributed by atoms with Crippen LogP contribution in [0.4, 0.5) is 0 Å². The van der Waals surface area contributed by atoms with E-state index in [4.69, 9.17) is 0 Å². The summed E-state index contributed by atoms with van der Waals surface area (Å²) in [5.41, 5.74) is 1.59. The lowest BCUT2D eigenvalue weighted by molar-refractivity contribution is 0.0739. The maximum atomic E-state index is 12.3. The molecule has 0 aromatic carbocycles. The van der Waals surface area contributed by atoms with Crippen LogP contribution < -0.4 is 5.32 Å². The van der Waals surface area contributed by atoms with E-state index in [0.717, 1.165) is 11.3 Å². The molecule has 4 rings (SSSR count). The topological polar surface area (TPSA) is 84.5 Å². The second kappa shape index (κ2) is 6.04. The second-order valence-electron chi connectivity index (χ2n) is 6.09. The van der Waals surface area contributed by atoms with E-state index >= 15 is 0 Å². The predicted octanol–water partition coefficient (Wildman–Crippen LogP) is 0.589.